The fourth-order valence-electron chi connectivity index (χ4n) is 2.90. The van der Waals surface area contributed by atoms with Gasteiger partial charge in [0, 0.05) is 37.8 Å². The molecule has 4 nitrogen and oxygen atoms in total. The summed E-state index contributed by atoms with van der Waals surface area (Å²) in [7, 11) is 0. The number of benzene rings is 1. The molecule has 1 fully saturated rings. The number of halogens is 3. The minimum atomic E-state index is -4.15. The molecule has 0 radical (unpaired) electrons. The van der Waals surface area contributed by atoms with Gasteiger partial charge in [-0.1, -0.05) is 12.1 Å². The summed E-state index contributed by atoms with van der Waals surface area (Å²) in [4.78, 5) is 12.5. The lowest BCUT2D eigenvalue weighted by Crippen LogP contribution is -2.37. The Morgan fingerprint density at radius 3 is 2.83 bits per heavy atom. The van der Waals surface area contributed by atoms with Crippen LogP contribution in [0.2, 0.25) is 0 Å². The molecule has 1 aromatic rings. The quantitative estimate of drug-likeness (QED) is 0.873. The molecule has 0 unspecified atom stereocenters. The van der Waals surface area contributed by atoms with Gasteiger partial charge >= 0.3 is 6.18 Å². The molecular formula is C16H22F3N3O. The molecule has 0 aromatic heterocycles. The van der Waals surface area contributed by atoms with E-state index in [0.29, 0.717) is 25.2 Å². The van der Waals surface area contributed by atoms with E-state index in [9.17, 15) is 18.0 Å². The highest BCUT2D eigenvalue weighted by Gasteiger charge is 2.34. The molecule has 2 N–H and O–H groups in total. The van der Waals surface area contributed by atoms with Gasteiger partial charge in [0.1, 0.15) is 0 Å². The fraction of sp³-hybridized carbons (Fsp3) is 0.562. The molecule has 0 saturated carbocycles. The van der Waals surface area contributed by atoms with Crippen LogP contribution in [0.15, 0.2) is 24.3 Å². The van der Waals surface area contributed by atoms with Crippen LogP contribution in [0.3, 0.4) is 0 Å². The average molecular weight is 329 g/mol. The second-order valence-corrected chi connectivity index (χ2v) is 6.03. The lowest BCUT2D eigenvalue weighted by molar-refractivity contribution is -0.143. The van der Waals surface area contributed by atoms with Gasteiger partial charge in [0.25, 0.3) is 0 Å². The van der Waals surface area contributed by atoms with Gasteiger partial charge in [0.15, 0.2) is 0 Å². The van der Waals surface area contributed by atoms with Gasteiger partial charge < -0.3 is 10.6 Å². The summed E-state index contributed by atoms with van der Waals surface area (Å²) in [5, 5.41) is 6.10. The third kappa shape index (κ3) is 5.84. The Kier molecular flexibility index (Phi) is 5.64. The van der Waals surface area contributed by atoms with E-state index in [0.717, 1.165) is 5.56 Å². The Morgan fingerprint density at radius 1 is 1.43 bits per heavy atom. The predicted molar refractivity (Wildman–Crippen MR) is 83.2 cm³/mol. The highest BCUT2D eigenvalue weighted by Crippen LogP contribution is 2.22. The van der Waals surface area contributed by atoms with E-state index in [1.165, 1.54) is 11.8 Å². The molecule has 7 heteroatoms. The second-order valence-electron chi connectivity index (χ2n) is 6.03. The summed E-state index contributed by atoms with van der Waals surface area (Å²) in [5.41, 5.74) is 1.71. The molecule has 1 aliphatic heterocycles. The van der Waals surface area contributed by atoms with Crippen molar-refractivity contribution in [3.05, 3.63) is 29.8 Å². The molecule has 23 heavy (non-hydrogen) atoms. The van der Waals surface area contributed by atoms with E-state index in [1.807, 2.05) is 25.1 Å². The lowest BCUT2D eigenvalue weighted by Gasteiger charge is -2.22. The Bertz CT molecular complexity index is 548. The summed E-state index contributed by atoms with van der Waals surface area (Å²) in [5.74, 6) is -0.138. The van der Waals surface area contributed by atoms with Crippen molar-refractivity contribution >= 4 is 11.6 Å². The maximum atomic E-state index is 12.4. The SMILES string of the molecule is CC(=O)Nc1cccc([C@H](C)N[C@@H]2CCN(CC(F)(F)F)C2)c1. The van der Waals surface area contributed by atoms with Crippen molar-refractivity contribution < 1.29 is 18.0 Å². The summed E-state index contributed by atoms with van der Waals surface area (Å²) >= 11 is 0. The molecule has 1 amide bonds. The molecule has 128 valence electrons. The van der Waals surface area contributed by atoms with E-state index in [2.05, 4.69) is 10.6 Å². The Labute approximate surface area is 134 Å². The first kappa shape index (κ1) is 17.7. The summed E-state index contributed by atoms with van der Waals surface area (Å²) < 4.78 is 37.2. The van der Waals surface area contributed by atoms with Crippen LogP contribution >= 0.6 is 0 Å². The number of carbonyl (C=O) groups is 1. The third-order valence-electron chi connectivity index (χ3n) is 3.87. The van der Waals surface area contributed by atoms with Crippen molar-refractivity contribution in [2.45, 2.75) is 38.5 Å². The molecular weight excluding hydrogens is 307 g/mol. The van der Waals surface area contributed by atoms with E-state index < -0.39 is 12.7 Å². The van der Waals surface area contributed by atoms with E-state index in [4.69, 9.17) is 0 Å². The van der Waals surface area contributed by atoms with Crippen molar-refractivity contribution in [1.29, 1.82) is 0 Å². The standard InChI is InChI=1S/C16H22F3N3O/c1-11(13-4-3-5-14(8-13)21-12(2)23)20-15-6-7-22(9-15)10-16(17,18)19/h3-5,8,11,15,20H,6-7,9-10H2,1-2H3,(H,21,23)/t11-,15+/m0/s1. The monoisotopic (exact) mass is 329 g/mol. The van der Waals surface area contributed by atoms with Crippen LogP contribution in [0.4, 0.5) is 18.9 Å². The number of nitrogens with one attached hydrogen (secondary N) is 2. The highest BCUT2D eigenvalue weighted by atomic mass is 19.4. The topological polar surface area (TPSA) is 44.4 Å². The minimum absolute atomic E-state index is 0.000421. The Hall–Kier alpha value is -1.60. The second kappa shape index (κ2) is 7.31. The molecule has 1 aromatic carbocycles. The maximum absolute atomic E-state index is 12.4. The zero-order valence-electron chi connectivity index (χ0n) is 13.3. The van der Waals surface area contributed by atoms with Gasteiger partial charge in [0.2, 0.25) is 5.91 Å². The zero-order chi connectivity index (χ0) is 17.0. The van der Waals surface area contributed by atoms with Gasteiger partial charge in [-0.25, -0.2) is 0 Å². The molecule has 1 saturated heterocycles. The van der Waals surface area contributed by atoms with Crippen molar-refractivity contribution in [2.24, 2.45) is 0 Å². The number of amides is 1. The predicted octanol–water partition coefficient (Wildman–Crippen LogP) is 2.93. The summed E-state index contributed by atoms with van der Waals surface area (Å²) in [6.07, 6.45) is -3.45. The smallest absolute Gasteiger partial charge is 0.326 e. The molecule has 1 aliphatic rings. The number of hydrogen-bond donors (Lipinski definition) is 2. The first-order valence-corrected chi connectivity index (χ1v) is 7.65. The average Bonchev–Trinajstić information content (AvgIpc) is 2.83. The summed E-state index contributed by atoms with van der Waals surface area (Å²) in [6.45, 7) is 3.42. The van der Waals surface area contributed by atoms with Gasteiger partial charge in [-0.15, -0.1) is 0 Å². The number of alkyl halides is 3. The number of rotatable bonds is 5. The fourth-order valence-corrected chi connectivity index (χ4v) is 2.90. The number of anilines is 1. The molecule has 0 aliphatic carbocycles. The van der Waals surface area contributed by atoms with Crippen LogP contribution in [0.1, 0.15) is 31.9 Å². The highest BCUT2D eigenvalue weighted by molar-refractivity contribution is 5.88. The van der Waals surface area contributed by atoms with Crippen molar-refractivity contribution in [2.75, 3.05) is 25.0 Å². The van der Waals surface area contributed by atoms with Crippen LogP contribution < -0.4 is 10.6 Å². The first-order valence-electron chi connectivity index (χ1n) is 7.65. The van der Waals surface area contributed by atoms with Crippen LogP contribution in [0.5, 0.6) is 0 Å². The van der Waals surface area contributed by atoms with Crippen LogP contribution in [0.25, 0.3) is 0 Å². The Balaban J connectivity index is 1.90. The lowest BCUT2D eigenvalue weighted by atomic mass is 10.1. The number of nitrogens with zero attached hydrogens (tertiary/aromatic N) is 1. The van der Waals surface area contributed by atoms with Crippen LogP contribution in [-0.2, 0) is 4.79 Å². The van der Waals surface area contributed by atoms with Gasteiger partial charge in [-0.3, -0.25) is 9.69 Å². The Morgan fingerprint density at radius 2 is 2.17 bits per heavy atom. The number of carbonyl (C=O) groups excluding carboxylic acids is 1. The van der Waals surface area contributed by atoms with E-state index in [-0.39, 0.29) is 18.0 Å². The molecule has 2 rings (SSSR count). The van der Waals surface area contributed by atoms with Gasteiger partial charge in [0.05, 0.1) is 6.54 Å². The van der Waals surface area contributed by atoms with E-state index in [1.54, 1.807) is 6.07 Å². The van der Waals surface area contributed by atoms with Crippen molar-refractivity contribution in [1.82, 2.24) is 10.2 Å². The normalized spacial score (nSPS) is 20.5. The molecule has 2 atom stereocenters. The van der Waals surface area contributed by atoms with Crippen LogP contribution in [0, 0.1) is 0 Å². The molecule has 1 heterocycles. The molecule has 0 spiro atoms. The first-order chi connectivity index (χ1) is 10.7. The number of hydrogen-bond acceptors (Lipinski definition) is 3. The number of likely N-dealkylation sites (tertiary alicyclic amines) is 1. The van der Waals surface area contributed by atoms with E-state index >= 15 is 0 Å². The largest absolute Gasteiger partial charge is 0.401 e. The minimum Gasteiger partial charge on any atom is -0.326 e. The molecule has 0 bridgehead atoms. The third-order valence-corrected chi connectivity index (χ3v) is 3.87. The summed E-state index contributed by atoms with van der Waals surface area (Å²) in [6, 6.07) is 7.51. The van der Waals surface area contributed by atoms with Crippen molar-refractivity contribution in [3.8, 4) is 0 Å². The van der Waals surface area contributed by atoms with Gasteiger partial charge in [-0.05, 0) is 31.0 Å². The zero-order valence-corrected chi connectivity index (χ0v) is 13.3. The van der Waals surface area contributed by atoms with Crippen molar-refractivity contribution in [3.63, 3.8) is 0 Å². The van der Waals surface area contributed by atoms with Crippen LogP contribution in [-0.4, -0.2) is 42.7 Å². The van der Waals surface area contributed by atoms with Gasteiger partial charge in [-0.2, -0.15) is 13.2 Å². The maximum Gasteiger partial charge on any atom is 0.401 e.